The molecule has 0 unspecified atom stereocenters. The van der Waals surface area contributed by atoms with E-state index in [4.69, 9.17) is 4.74 Å². The van der Waals surface area contributed by atoms with Crippen molar-refractivity contribution in [3.8, 4) is 0 Å². The molecule has 13 nitrogen and oxygen atoms in total. The largest absolute Gasteiger partial charge is 0.466 e. The van der Waals surface area contributed by atoms with E-state index in [1.54, 1.807) is 0 Å². The molecule has 6 heterocycles. The second kappa shape index (κ2) is 22.8. The van der Waals surface area contributed by atoms with E-state index < -0.39 is 0 Å². The van der Waals surface area contributed by atoms with Gasteiger partial charge in [-0.25, -0.2) is 4.79 Å². The van der Waals surface area contributed by atoms with Gasteiger partial charge in [0.25, 0.3) is 0 Å². The topological polar surface area (TPSA) is 180 Å². The summed E-state index contributed by atoms with van der Waals surface area (Å²) in [4.78, 5) is 71.4. The van der Waals surface area contributed by atoms with Crippen molar-refractivity contribution >= 4 is 52.4 Å². The summed E-state index contributed by atoms with van der Waals surface area (Å²) < 4.78 is 18.3. The minimum Gasteiger partial charge on any atom is -0.466 e. The van der Waals surface area contributed by atoms with Crippen LogP contribution in [-0.2, 0) is 52.5 Å². The second-order valence-corrected chi connectivity index (χ2v) is 10.0. The van der Waals surface area contributed by atoms with Gasteiger partial charge in [0, 0.05) is 50.9 Å². The van der Waals surface area contributed by atoms with Gasteiger partial charge in [0.15, 0.2) is 5.12 Å². The van der Waals surface area contributed by atoms with Crippen LogP contribution in [0, 0.1) is 0 Å². The lowest BCUT2D eigenvalue weighted by molar-refractivity contribution is -0.159. The number of carbonyl (C=O) groups is 7. The van der Waals surface area contributed by atoms with Gasteiger partial charge in [-0.05, 0) is 32.1 Å². The summed E-state index contributed by atoms with van der Waals surface area (Å²) in [7, 11) is 0. The number of hydrogen-bond donors (Lipinski definition) is 2. The molecule has 2 amide bonds. The molecule has 2 N–H and O–H groups in total. The highest BCUT2D eigenvalue weighted by Crippen LogP contribution is 2.17. The smallest absolute Gasteiger partial charge is 0.332 e. The third-order valence-corrected chi connectivity index (χ3v) is 6.35. The van der Waals surface area contributed by atoms with E-state index in [-0.39, 0.29) is 55.1 Å². The summed E-state index contributed by atoms with van der Waals surface area (Å²) in [5.74, 6) is 0.767. The number of rotatable bonds is 0. The summed E-state index contributed by atoms with van der Waals surface area (Å²) in [6.45, 7) is 3.78. The molecule has 226 valence electrons. The number of amides is 2. The number of carbonyl (C=O) groups excluding carboxylic acids is 7. The van der Waals surface area contributed by atoms with Crippen LogP contribution < -0.4 is 10.6 Å². The zero-order chi connectivity index (χ0) is 29.4. The van der Waals surface area contributed by atoms with Crippen LogP contribution >= 0.6 is 11.8 Å². The molecule has 0 radical (unpaired) electrons. The summed E-state index contributed by atoms with van der Waals surface area (Å²) in [5, 5.41) is 5.73. The summed E-state index contributed by atoms with van der Waals surface area (Å²) in [6, 6.07) is 0. The molecule has 0 bridgehead atoms. The number of nitrogens with one attached hydrogen (secondary N) is 2. The summed E-state index contributed by atoms with van der Waals surface area (Å²) >= 11 is 1.46. The van der Waals surface area contributed by atoms with Crippen molar-refractivity contribution in [1.29, 1.82) is 0 Å². The normalized spacial score (nSPS) is 21.2. The van der Waals surface area contributed by atoms with Gasteiger partial charge < -0.3 is 29.6 Å². The summed E-state index contributed by atoms with van der Waals surface area (Å²) in [5.41, 5.74) is 0. The fraction of sp³-hybridized carbons (Fsp3) is 0.731. The zero-order valence-electron chi connectivity index (χ0n) is 22.8. The maximum atomic E-state index is 10.4. The number of thioether (sulfide) groups is 1. The maximum absolute atomic E-state index is 10.4. The first-order valence-corrected chi connectivity index (χ1v) is 14.5. The number of ketones is 1. The molecule has 14 heteroatoms. The summed E-state index contributed by atoms with van der Waals surface area (Å²) in [6.07, 6.45) is 8.49. The molecule has 0 aromatic carbocycles. The van der Waals surface area contributed by atoms with Crippen LogP contribution in [-0.4, -0.2) is 92.5 Å². The fourth-order valence-electron chi connectivity index (χ4n) is 3.23. The third-order valence-electron chi connectivity index (χ3n) is 5.33. The van der Waals surface area contributed by atoms with Gasteiger partial charge in [-0.1, -0.05) is 11.8 Å². The van der Waals surface area contributed by atoms with Gasteiger partial charge in [0.1, 0.15) is 25.4 Å². The van der Waals surface area contributed by atoms with Crippen LogP contribution in [0.3, 0.4) is 0 Å². The Bertz CT molecular complexity index is 727. The molecular weight excluding hydrogens is 548 g/mol. The van der Waals surface area contributed by atoms with Gasteiger partial charge in [0.05, 0.1) is 19.8 Å². The molecule has 0 aromatic heterocycles. The Morgan fingerprint density at radius 3 is 1.43 bits per heavy atom. The predicted octanol–water partition coefficient (Wildman–Crippen LogP) is 0.999. The fourth-order valence-corrected chi connectivity index (χ4v) is 4.03. The lowest BCUT2D eigenvalue weighted by Crippen LogP contribution is -2.22. The molecule has 6 rings (SSSR count). The van der Waals surface area contributed by atoms with Crippen LogP contribution in [0.15, 0.2) is 0 Å². The number of Topliss-reactive ketones (excluding diaryl/α,β-unsaturated/α-hetero) is 1. The average molecular weight is 589 g/mol. The van der Waals surface area contributed by atoms with E-state index in [9.17, 15) is 33.6 Å². The highest BCUT2D eigenvalue weighted by Gasteiger charge is 2.16. The minimum absolute atomic E-state index is 0.0127. The maximum Gasteiger partial charge on any atom is 0.332 e. The SMILES string of the molecule is O=C1CCCCO1.O=C1CCCN1.O=C1CCCN1.O=C1CCCS1.O=C1CCOC(=O)C1.O=C1COCCO1. The van der Waals surface area contributed by atoms with Crippen LogP contribution in [0.25, 0.3) is 0 Å². The lowest BCUT2D eigenvalue weighted by Gasteiger charge is -2.09. The van der Waals surface area contributed by atoms with Crippen molar-refractivity contribution < 1.29 is 52.5 Å². The first-order chi connectivity index (χ1) is 19.3. The molecule has 6 saturated heterocycles. The van der Waals surface area contributed by atoms with E-state index in [1.807, 2.05) is 0 Å². The molecule has 6 aliphatic heterocycles. The molecule has 40 heavy (non-hydrogen) atoms. The van der Waals surface area contributed by atoms with Crippen LogP contribution in [0.4, 0.5) is 0 Å². The highest BCUT2D eigenvalue weighted by atomic mass is 32.2. The van der Waals surface area contributed by atoms with E-state index >= 15 is 0 Å². The van der Waals surface area contributed by atoms with Gasteiger partial charge >= 0.3 is 17.9 Å². The average Bonchev–Trinajstić information content (AvgIpc) is 3.73. The van der Waals surface area contributed by atoms with Gasteiger partial charge in [-0.15, -0.1) is 0 Å². The number of esters is 3. The Kier molecular flexibility index (Phi) is 19.9. The number of cyclic esters (lactones) is 3. The lowest BCUT2D eigenvalue weighted by atomic mass is 10.2. The molecular formula is C26H40N2O11S. The van der Waals surface area contributed by atoms with Gasteiger partial charge in [0.2, 0.25) is 11.8 Å². The van der Waals surface area contributed by atoms with E-state index in [0.29, 0.717) is 37.8 Å². The number of hydrogen-bond acceptors (Lipinski definition) is 12. The zero-order valence-corrected chi connectivity index (χ0v) is 23.7. The minimum atomic E-state index is -0.388. The second-order valence-electron chi connectivity index (χ2n) is 8.87. The highest BCUT2D eigenvalue weighted by molar-refractivity contribution is 8.14. The quantitative estimate of drug-likeness (QED) is 0.233. The first-order valence-electron chi connectivity index (χ1n) is 13.5. The Labute approximate surface area is 238 Å². The Balaban J connectivity index is 0.000000241. The van der Waals surface area contributed by atoms with Crippen LogP contribution in [0.2, 0.25) is 0 Å². The van der Waals surface area contributed by atoms with Crippen LogP contribution in [0.1, 0.15) is 70.6 Å². The molecule has 0 spiro atoms. The van der Waals surface area contributed by atoms with Crippen molar-refractivity contribution in [2.75, 3.05) is 51.9 Å². The molecule has 6 fully saturated rings. The van der Waals surface area contributed by atoms with Crippen molar-refractivity contribution in [3.05, 3.63) is 0 Å². The van der Waals surface area contributed by atoms with Crippen molar-refractivity contribution in [3.63, 3.8) is 0 Å². The number of ether oxygens (including phenoxy) is 4. The van der Waals surface area contributed by atoms with Gasteiger partial charge in [-0.3, -0.25) is 28.8 Å². The molecule has 0 saturated carbocycles. The predicted molar refractivity (Wildman–Crippen MR) is 143 cm³/mol. The Hall–Kier alpha value is -3.00. The first kappa shape index (κ1) is 35.0. The monoisotopic (exact) mass is 588 g/mol. The van der Waals surface area contributed by atoms with E-state index in [2.05, 4.69) is 24.8 Å². The Morgan fingerprint density at radius 2 is 1.20 bits per heavy atom. The Morgan fingerprint density at radius 1 is 0.550 bits per heavy atom. The standard InChI is InChI=1S/C5H6O3.C5H8O2.2C4H7NO.C4H6O3.C4H6OS/c6-4-1-2-8-5(7)3-4;6-5-3-1-2-4-7-5;2*6-4-2-1-3-5-4;5-4-3-6-1-2-7-4;5-4-2-1-3-6-4/h1-3H2;1-4H2;2*1-3H2,(H,5,6);1-3H2;1-3H2. The van der Waals surface area contributed by atoms with E-state index in [1.165, 1.54) is 11.8 Å². The third kappa shape index (κ3) is 20.9. The van der Waals surface area contributed by atoms with Crippen molar-refractivity contribution in [2.24, 2.45) is 0 Å². The molecule has 0 aliphatic carbocycles. The van der Waals surface area contributed by atoms with Crippen LogP contribution in [0.5, 0.6) is 0 Å². The van der Waals surface area contributed by atoms with Gasteiger partial charge in [-0.2, -0.15) is 0 Å². The van der Waals surface area contributed by atoms with E-state index in [0.717, 1.165) is 70.2 Å². The van der Waals surface area contributed by atoms with Crippen molar-refractivity contribution in [1.82, 2.24) is 10.6 Å². The molecule has 0 aromatic rings. The van der Waals surface area contributed by atoms with Crippen molar-refractivity contribution in [2.45, 2.75) is 70.6 Å². The molecule has 0 atom stereocenters. The molecule has 6 aliphatic rings.